The van der Waals surface area contributed by atoms with Crippen molar-refractivity contribution < 1.29 is 4.79 Å². The smallest absolute Gasteiger partial charge is 0.263 e. The second kappa shape index (κ2) is 4.65. The van der Waals surface area contributed by atoms with Crippen molar-refractivity contribution in [3.8, 4) is 0 Å². The molecule has 5 heteroatoms. The zero-order chi connectivity index (χ0) is 11.5. The Labute approximate surface area is 98.7 Å². The van der Waals surface area contributed by atoms with Gasteiger partial charge in [0.15, 0.2) is 5.84 Å². The zero-order valence-corrected chi connectivity index (χ0v) is 10.2. The van der Waals surface area contributed by atoms with Gasteiger partial charge in [-0.05, 0) is 23.8 Å². The first-order valence-corrected chi connectivity index (χ1v) is 6.22. The molecule has 0 radical (unpaired) electrons. The highest BCUT2D eigenvalue weighted by molar-refractivity contribution is 7.12. The number of hydrogen-bond donors (Lipinski definition) is 2. The van der Waals surface area contributed by atoms with E-state index >= 15 is 0 Å². The number of nitrogens with one attached hydrogen (secondary N) is 2. The van der Waals surface area contributed by atoms with Gasteiger partial charge in [-0.25, -0.2) is 0 Å². The number of rotatable bonds is 3. The molecule has 2 heterocycles. The van der Waals surface area contributed by atoms with Crippen molar-refractivity contribution in [3.63, 3.8) is 0 Å². The quantitative estimate of drug-likeness (QED) is 0.838. The predicted molar refractivity (Wildman–Crippen MR) is 65.4 cm³/mol. The maximum absolute atomic E-state index is 11.6. The Bertz CT molecular complexity index is 397. The average molecular weight is 237 g/mol. The monoisotopic (exact) mass is 237 g/mol. The first-order valence-electron chi connectivity index (χ1n) is 5.34. The summed E-state index contributed by atoms with van der Waals surface area (Å²) in [5.74, 6) is 1.18. The Morgan fingerprint density at radius 2 is 2.31 bits per heavy atom. The second-order valence-corrected chi connectivity index (χ2v) is 5.16. The molecule has 0 saturated carbocycles. The third kappa shape index (κ3) is 2.41. The zero-order valence-electron chi connectivity index (χ0n) is 9.36. The van der Waals surface area contributed by atoms with E-state index < -0.39 is 0 Å². The van der Waals surface area contributed by atoms with E-state index in [1.54, 1.807) is 11.3 Å². The van der Waals surface area contributed by atoms with Crippen molar-refractivity contribution in [1.82, 2.24) is 10.9 Å². The molecule has 0 fully saturated rings. The molecule has 2 N–H and O–H groups in total. The summed E-state index contributed by atoms with van der Waals surface area (Å²) in [5, 5.41) is 1.99. The molecule has 0 spiro atoms. The summed E-state index contributed by atoms with van der Waals surface area (Å²) in [7, 11) is 0. The van der Waals surface area contributed by atoms with E-state index in [9.17, 15) is 4.79 Å². The Hall–Kier alpha value is -1.36. The van der Waals surface area contributed by atoms with Crippen LogP contribution in [0.2, 0.25) is 0 Å². The number of amides is 1. The fraction of sp³-hybridized carbons (Fsp3) is 0.455. The van der Waals surface area contributed by atoms with Crippen LogP contribution in [0.1, 0.15) is 25.1 Å². The van der Waals surface area contributed by atoms with Crippen LogP contribution in [0.15, 0.2) is 22.5 Å². The summed E-state index contributed by atoms with van der Waals surface area (Å²) in [4.78, 5) is 17.1. The Morgan fingerprint density at radius 1 is 1.50 bits per heavy atom. The molecule has 1 atom stereocenters. The van der Waals surface area contributed by atoms with Crippen LogP contribution in [0.3, 0.4) is 0 Å². The molecule has 0 aliphatic carbocycles. The van der Waals surface area contributed by atoms with Gasteiger partial charge in [-0.1, -0.05) is 19.9 Å². The highest BCUT2D eigenvalue weighted by atomic mass is 32.1. The van der Waals surface area contributed by atoms with Crippen LogP contribution in [0, 0.1) is 5.92 Å². The lowest BCUT2D eigenvalue weighted by Gasteiger charge is -2.22. The van der Waals surface area contributed by atoms with E-state index in [0.29, 0.717) is 5.92 Å². The van der Waals surface area contributed by atoms with E-state index in [1.165, 1.54) is 0 Å². The molecule has 2 rings (SSSR count). The number of carbonyl (C=O) groups excluding carboxylic acids is 1. The van der Waals surface area contributed by atoms with Crippen molar-refractivity contribution in [2.24, 2.45) is 10.9 Å². The van der Waals surface area contributed by atoms with Crippen molar-refractivity contribution in [2.75, 3.05) is 0 Å². The number of amidine groups is 1. The van der Waals surface area contributed by atoms with Gasteiger partial charge in [0, 0.05) is 0 Å². The first kappa shape index (κ1) is 11.1. The van der Waals surface area contributed by atoms with E-state index in [1.807, 2.05) is 17.5 Å². The van der Waals surface area contributed by atoms with Crippen LogP contribution in [-0.4, -0.2) is 17.8 Å². The van der Waals surface area contributed by atoms with Gasteiger partial charge < -0.3 is 0 Å². The largest absolute Gasteiger partial charge is 0.281 e. The lowest BCUT2D eigenvalue weighted by atomic mass is 10.0. The van der Waals surface area contributed by atoms with Gasteiger partial charge in [-0.15, -0.1) is 11.3 Å². The first-order chi connectivity index (χ1) is 7.66. The van der Waals surface area contributed by atoms with Crippen LogP contribution < -0.4 is 10.9 Å². The standard InChI is InChI=1S/C11H15N3OS/c1-7(2)6-8-11(15)14-13-10(12-8)9-4-3-5-16-9/h3-5,7-8H,6H2,1-2H3,(H,12,13)(H,14,15). The summed E-state index contributed by atoms with van der Waals surface area (Å²) in [6, 6.07) is 3.69. The minimum absolute atomic E-state index is 0.0472. The number of thiophene rings is 1. The van der Waals surface area contributed by atoms with E-state index in [2.05, 4.69) is 29.7 Å². The summed E-state index contributed by atoms with van der Waals surface area (Å²) >= 11 is 1.61. The fourth-order valence-electron chi connectivity index (χ4n) is 1.60. The maximum Gasteiger partial charge on any atom is 0.263 e. The van der Waals surface area contributed by atoms with E-state index in [4.69, 9.17) is 0 Å². The number of carbonyl (C=O) groups is 1. The van der Waals surface area contributed by atoms with Crippen molar-refractivity contribution >= 4 is 23.1 Å². The number of hydrogen-bond acceptors (Lipinski definition) is 4. The highest BCUT2D eigenvalue weighted by Gasteiger charge is 2.24. The lowest BCUT2D eigenvalue weighted by molar-refractivity contribution is -0.123. The summed E-state index contributed by atoms with van der Waals surface area (Å²) in [6.07, 6.45) is 0.780. The predicted octanol–water partition coefficient (Wildman–Crippen LogP) is 1.54. The third-order valence-corrected chi connectivity index (χ3v) is 3.22. The van der Waals surface area contributed by atoms with Crippen LogP contribution in [0.25, 0.3) is 0 Å². The SMILES string of the molecule is CC(C)CC1N=C(c2cccs2)NNC1=O. The maximum atomic E-state index is 11.6. The summed E-state index contributed by atoms with van der Waals surface area (Å²) in [5.41, 5.74) is 5.50. The molecule has 86 valence electrons. The summed E-state index contributed by atoms with van der Waals surface area (Å²) < 4.78 is 0. The molecule has 1 unspecified atom stereocenters. The number of aliphatic imine (C=N–C) groups is 1. The number of nitrogens with zero attached hydrogens (tertiary/aromatic N) is 1. The highest BCUT2D eigenvalue weighted by Crippen LogP contribution is 2.15. The van der Waals surface area contributed by atoms with Crippen LogP contribution >= 0.6 is 11.3 Å². The molecule has 0 aromatic carbocycles. The second-order valence-electron chi connectivity index (χ2n) is 4.21. The van der Waals surface area contributed by atoms with Crippen molar-refractivity contribution in [2.45, 2.75) is 26.3 Å². The van der Waals surface area contributed by atoms with Gasteiger partial charge in [-0.3, -0.25) is 20.6 Å². The third-order valence-electron chi connectivity index (χ3n) is 2.34. The lowest BCUT2D eigenvalue weighted by Crippen LogP contribution is -2.51. The Morgan fingerprint density at radius 3 is 2.94 bits per heavy atom. The molecule has 1 aliphatic rings. The molecule has 4 nitrogen and oxygen atoms in total. The molecular weight excluding hydrogens is 222 g/mol. The van der Waals surface area contributed by atoms with Gasteiger partial charge in [-0.2, -0.15) is 0 Å². The van der Waals surface area contributed by atoms with E-state index in [-0.39, 0.29) is 11.9 Å². The fourth-order valence-corrected chi connectivity index (χ4v) is 2.27. The molecule has 1 amide bonds. The Kier molecular flexibility index (Phi) is 3.24. The minimum atomic E-state index is -0.265. The Balaban J connectivity index is 2.18. The average Bonchev–Trinajstić information content (AvgIpc) is 2.73. The van der Waals surface area contributed by atoms with Crippen molar-refractivity contribution in [1.29, 1.82) is 0 Å². The van der Waals surface area contributed by atoms with Gasteiger partial charge in [0.2, 0.25) is 0 Å². The van der Waals surface area contributed by atoms with Crippen LogP contribution in [0.4, 0.5) is 0 Å². The van der Waals surface area contributed by atoms with Gasteiger partial charge >= 0.3 is 0 Å². The van der Waals surface area contributed by atoms with Gasteiger partial charge in [0.05, 0.1) is 4.88 Å². The molecule has 0 bridgehead atoms. The molecule has 1 aromatic rings. The normalized spacial score (nSPS) is 20.3. The minimum Gasteiger partial charge on any atom is -0.281 e. The van der Waals surface area contributed by atoms with Crippen LogP contribution in [0.5, 0.6) is 0 Å². The topological polar surface area (TPSA) is 53.5 Å². The molecule has 16 heavy (non-hydrogen) atoms. The van der Waals surface area contributed by atoms with Gasteiger partial charge in [0.1, 0.15) is 6.04 Å². The molecular formula is C11H15N3OS. The van der Waals surface area contributed by atoms with Crippen molar-refractivity contribution in [3.05, 3.63) is 22.4 Å². The molecule has 1 aliphatic heterocycles. The van der Waals surface area contributed by atoms with E-state index in [0.717, 1.165) is 17.1 Å². The molecule has 0 saturated heterocycles. The van der Waals surface area contributed by atoms with Gasteiger partial charge in [0.25, 0.3) is 5.91 Å². The molecule has 1 aromatic heterocycles. The number of hydrazine groups is 1. The summed E-state index contributed by atoms with van der Waals surface area (Å²) in [6.45, 7) is 4.19. The van der Waals surface area contributed by atoms with Crippen LogP contribution in [-0.2, 0) is 4.79 Å².